The minimum Gasteiger partial charge on any atom is -0.691 e. The molecule has 16 fully saturated rings. The maximum absolute atomic E-state index is 14.1. The molecule has 11 atom stereocenters. The summed E-state index contributed by atoms with van der Waals surface area (Å²) >= 11 is -2.73. The molecule has 16 aliphatic carbocycles. The third-order valence-corrected chi connectivity index (χ3v) is 25.3. The maximum Gasteiger partial charge on any atom is 0.446 e. The maximum atomic E-state index is 14.1. The van der Waals surface area contributed by atoms with Gasteiger partial charge >= 0.3 is 52.2 Å². The van der Waals surface area contributed by atoms with Crippen LogP contribution in [0.3, 0.4) is 0 Å². The third kappa shape index (κ3) is 17.5. The van der Waals surface area contributed by atoms with E-state index in [9.17, 15) is 124 Å². The van der Waals surface area contributed by atoms with Crippen LogP contribution in [0, 0.1) is 62.6 Å². The molecule has 42 heteroatoms. The first-order valence-electron chi connectivity index (χ1n) is 31.8. The minimum absolute atomic E-state index is 0.00839. The zero-order valence-corrected chi connectivity index (χ0v) is 56.8. The minimum atomic E-state index is -6.23. The Bertz CT molecular complexity index is 2860. The van der Waals surface area contributed by atoms with E-state index in [0.29, 0.717) is 62.2 Å². The molecule has 16 bridgehead atoms. The molecule has 0 aliphatic heterocycles. The molecule has 100 heavy (non-hydrogen) atoms. The van der Waals surface area contributed by atoms with Gasteiger partial charge in [-0.25, -0.2) is 32.3 Å². The van der Waals surface area contributed by atoms with E-state index in [-0.39, 0.29) is 117 Å². The third-order valence-electron chi connectivity index (χ3n) is 22.3. The van der Waals surface area contributed by atoms with Gasteiger partial charge in [-0.2, -0.15) is 56.8 Å². The molecule has 0 spiro atoms. The van der Waals surface area contributed by atoms with Crippen molar-refractivity contribution in [3.05, 3.63) is 0 Å². The molecule has 0 aromatic rings. The molecule has 576 valence electrons. The Kier molecular flexibility index (Phi) is 23.7. The second-order valence-electron chi connectivity index (χ2n) is 31.5. The number of halogens is 12. The van der Waals surface area contributed by atoms with Gasteiger partial charge in [0.2, 0.25) is 0 Å². The predicted molar refractivity (Wildman–Crippen MR) is 302 cm³/mol. The van der Waals surface area contributed by atoms with Gasteiger partial charge < -0.3 is 70.6 Å². The number of alkyl halides is 12. The highest BCUT2D eigenvalue weighted by Gasteiger charge is 2.80. The van der Waals surface area contributed by atoms with Crippen molar-refractivity contribution in [3.8, 4) is 0 Å². The molecule has 6 N–H and O–H groups in total. The molecule has 0 aromatic heterocycles. The van der Waals surface area contributed by atoms with Gasteiger partial charge in [0.25, 0.3) is 10.0 Å². The highest BCUT2D eigenvalue weighted by Crippen LogP contribution is 2.68. The molecule has 16 rings (SSSR count). The Labute approximate surface area is 579 Å². The van der Waals surface area contributed by atoms with Crippen LogP contribution in [-0.2, 0) is 75.6 Å². The molecular weight excluding hydrogens is 1470 g/mol. The molecular formula is C58H76F12O26S4-4. The lowest BCUT2D eigenvalue weighted by Crippen LogP contribution is -2.65. The Morgan fingerprint density at radius 2 is 0.650 bits per heavy atom. The van der Waals surface area contributed by atoms with Crippen LogP contribution in [0.15, 0.2) is 0 Å². The summed E-state index contributed by atoms with van der Waals surface area (Å²) in [4.78, 5) is 47.6. The predicted octanol–water partition coefficient (Wildman–Crippen LogP) is 5.87. The lowest BCUT2D eigenvalue weighted by molar-refractivity contribution is -0.777. The zero-order chi connectivity index (χ0) is 74.1. The SMILES string of the molecule is CC(F)(SOO[O-])C(=O)OCC12CC3CC(CC(CO)(C3)C1)C2.CC(F)(SOO[O-])C(=O)OCC12CC3CC(CC(O)(C3)C1)C2.O=C(OCC12CC3CC(O)(CC(O)(C3)C1)C2)C(F)(SOO[O-])C(F)(F)F.O=C(OCC12CC3CC(O)(CC(O)(C3)C1)C2)C(SOO[O-])(C(F)(F)F)C(F)(F)F. The fraction of sp³-hybridized carbons (Fsp3) is 0.931. The summed E-state index contributed by atoms with van der Waals surface area (Å²) in [6, 6.07) is 0. The van der Waals surface area contributed by atoms with Gasteiger partial charge in [-0.05, 0) is 196 Å². The standard InChI is InChI=1S/C15H18F6O7S.C15H23FO6S.C14H18F4O7S.C14H21FO6S/c16-14(17,18)13(15(19,20)21,29-28-27-25)9(22)26-7-10-1-8-2-11(23,4-10)6-12(24,3-8)5-10;1-13(16,23-22-21-19)12(18)20-9-15-5-10-2-11(6-15)4-14(3-10,7-15)8-17;15-13(14(16,17)18,26-25-24-22)9(19)23-7-10-1-8-2-11(20,4-10)6-12(21,3-8)5-10;1-12(15,22-21-20-18)11(16)19-8-13-3-9-2-10(4-13)6-14(17,5-9)7-13/h8,23-25H,1-7H2;10-11,17,19H,2-9H2,1H3;8,20-22H,1-7H2;9-10,17-18H,2-8H2,1H3/p-4. The number of aliphatic hydroxyl groups is 6. The van der Waals surface area contributed by atoms with E-state index in [0.717, 1.165) is 78.1 Å². The Balaban J connectivity index is 0.000000156. The van der Waals surface area contributed by atoms with Crippen LogP contribution in [0.5, 0.6) is 0 Å². The van der Waals surface area contributed by atoms with E-state index in [1.165, 1.54) is 6.42 Å². The normalized spacial score (nSPS) is 40.1. The van der Waals surface area contributed by atoms with Crippen molar-refractivity contribution in [2.24, 2.45) is 62.6 Å². The van der Waals surface area contributed by atoms with Crippen LogP contribution in [0.2, 0.25) is 0 Å². The highest BCUT2D eigenvalue weighted by atomic mass is 32.2. The molecule has 0 amide bonds. The van der Waals surface area contributed by atoms with Gasteiger partial charge in [-0.15, -0.1) is 0 Å². The van der Waals surface area contributed by atoms with Crippen molar-refractivity contribution < 1.29 is 180 Å². The highest BCUT2D eigenvalue weighted by molar-refractivity contribution is 7.97. The number of carbonyl (C=O) groups excluding carboxylic acids is 4. The topological polar surface area (TPSA) is 393 Å². The average molecular weight is 1550 g/mol. The van der Waals surface area contributed by atoms with E-state index >= 15 is 0 Å². The largest absolute Gasteiger partial charge is 0.691 e. The molecule has 16 aliphatic rings. The number of esters is 4. The first-order valence-corrected chi connectivity index (χ1v) is 34.7. The summed E-state index contributed by atoms with van der Waals surface area (Å²) in [5, 5.41) is 104. The van der Waals surface area contributed by atoms with Crippen LogP contribution >= 0.6 is 48.2 Å². The second-order valence-corrected chi connectivity index (χ2v) is 35.4. The fourth-order valence-corrected chi connectivity index (χ4v) is 22.7. The Morgan fingerprint density at radius 3 is 0.990 bits per heavy atom. The summed E-state index contributed by atoms with van der Waals surface area (Å²) in [7, 11) is 0. The molecule has 16 saturated carbocycles. The fourth-order valence-electron chi connectivity index (χ4n) is 21.4. The number of hydrogen-bond acceptors (Lipinski definition) is 30. The molecule has 26 nitrogen and oxygen atoms in total. The molecule has 0 saturated heterocycles. The summed E-state index contributed by atoms with van der Waals surface area (Å²) in [5.41, 5.74) is -8.16. The molecule has 0 heterocycles. The average Bonchev–Trinajstić information content (AvgIpc) is 0.726. The summed E-state index contributed by atoms with van der Waals surface area (Å²) in [5.74, 6) is -5.38. The summed E-state index contributed by atoms with van der Waals surface area (Å²) < 4.78 is 189. The second kappa shape index (κ2) is 29.0. The lowest BCUT2D eigenvalue weighted by Gasteiger charge is -2.63. The lowest BCUT2D eigenvalue weighted by atomic mass is 9.44. The van der Waals surface area contributed by atoms with Crippen molar-refractivity contribution in [2.75, 3.05) is 33.0 Å². The van der Waals surface area contributed by atoms with Crippen LogP contribution in [0.25, 0.3) is 0 Å². The van der Waals surface area contributed by atoms with Crippen LogP contribution in [0.4, 0.5) is 52.7 Å². The first-order chi connectivity index (χ1) is 46.0. The molecule has 0 radical (unpaired) electrons. The van der Waals surface area contributed by atoms with Crippen molar-refractivity contribution in [2.45, 2.75) is 234 Å². The van der Waals surface area contributed by atoms with E-state index < -0.39 is 138 Å². The van der Waals surface area contributed by atoms with Crippen LogP contribution < -0.4 is 21.0 Å². The zero-order valence-electron chi connectivity index (χ0n) is 53.5. The van der Waals surface area contributed by atoms with Crippen molar-refractivity contribution in [3.63, 3.8) is 0 Å². The van der Waals surface area contributed by atoms with Crippen molar-refractivity contribution >= 4 is 72.0 Å². The number of aliphatic hydroxyl groups excluding tert-OH is 1. The first kappa shape index (κ1) is 81.8. The monoisotopic (exact) mass is 1540 g/mol. The summed E-state index contributed by atoms with van der Waals surface area (Å²) in [6.07, 6.45) is -4.14. The van der Waals surface area contributed by atoms with E-state index in [1.54, 1.807) is 0 Å². The number of carbonyl (C=O) groups is 4. The number of hydrogen-bond donors (Lipinski definition) is 6. The van der Waals surface area contributed by atoms with Crippen LogP contribution in [0.1, 0.15) is 168 Å². The molecule has 11 unspecified atom stereocenters. The van der Waals surface area contributed by atoms with Crippen LogP contribution in [-0.4, -0.2) is 154 Å². The van der Waals surface area contributed by atoms with Gasteiger partial charge in [0.05, 0.1) is 103 Å². The Morgan fingerprint density at radius 1 is 0.360 bits per heavy atom. The van der Waals surface area contributed by atoms with Crippen molar-refractivity contribution in [1.82, 2.24) is 0 Å². The van der Waals surface area contributed by atoms with E-state index in [1.807, 2.05) is 0 Å². The quantitative estimate of drug-likeness (QED) is 0.0155. The van der Waals surface area contributed by atoms with Gasteiger partial charge in [0.15, 0.2) is 0 Å². The number of ether oxygens (including phenoxy) is 4. The number of rotatable bonds is 25. The van der Waals surface area contributed by atoms with Gasteiger partial charge in [0.1, 0.15) is 0 Å². The summed E-state index contributed by atoms with van der Waals surface area (Å²) in [6.45, 7) is 0.882. The van der Waals surface area contributed by atoms with Gasteiger partial charge in [-0.3, -0.25) is 20.2 Å². The van der Waals surface area contributed by atoms with E-state index in [4.69, 9.17) is 9.47 Å². The van der Waals surface area contributed by atoms with Crippen molar-refractivity contribution in [1.29, 1.82) is 0 Å². The molecule has 0 aromatic carbocycles. The van der Waals surface area contributed by atoms with Gasteiger partial charge in [0, 0.05) is 41.1 Å². The Hall–Kier alpha value is -2.28. The smallest absolute Gasteiger partial charge is 0.446 e. The van der Waals surface area contributed by atoms with Gasteiger partial charge in [-0.1, -0.05) is 0 Å². The van der Waals surface area contributed by atoms with E-state index in [2.05, 4.69) is 47.0 Å².